The largest absolute Gasteiger partial charge is 0.250 e. The lowest BCUT2D eigenvalue weighted by molar-refractivity contribution is 0.709. The van der Waals surface area contributed by atoms with E-state index in [9.17, 15) is 0 Å². The molecule has 0 aliphatic heterocycles. The van der Waals surface area contributed by atoms with Crippen molar-refractivity contribution in [1.29, 1.82) is 0 Å². The van der Waals surface area contributed by atoms with Crippen molar-refractivity contribution in [3.8, 4) is 22.8 Å². The Morgan fingerprint density at radius 2 is 1.87 bits per heavy atom. The van der Waals surface area contributed by atoms with Gasteiger partial charge in [-0.05, 0) is 56.2 Å². The zero-order valence-corrected chi connectivity index (χ0v) is 14.1. The van der Waals surface area contributed by atoms with E-state index in [1.165, 1.54) is 36.1 Å². The average molecular weight is 321 g/mol. The van der Waals surface area contributed by atoms with Gasteiger partial charge in [0.2, 0.25) is 0 Å². The monoisotopic (exact) mass is 321 g/mol. The summed E-state index contributed by atoms with van der Waals surface area (Å²) in [5, 5.41) is 4.30. The Labute approximate surface area is 140 Å². The molecule has 0 amide bonds. The van der Waals surface area contributed by atoms with Gasteiger partial charge < -0.3 is 0 Å². The van der Waals surface area contributed by atoms with Crippen molar-refractivity contribution in [3.63, 3.8) is 0 Å². The lowest BCUT2D eigenvalue weighted by Crippen LogP contribution is -2.05. The molecule has 0 saturated carbocycles. The quantitative estimate of drug-likeness (QED) is 0.634. The summed E-state index contributed by atoms with van der Waals surface area (Å²) in [6.07, 6.45) is 5.86. The second-order valence-electron chi connectivity index (χ2n) is 6.06. The van der Waals surface area contributed by atoms with Gasteiger partial charge in [-0.3, -0.25) is 0 Å². The molecule has 116 valence electrons. The summed E-state index contributed by atoms with van der Waals surface area (Å²) in [5.74, 6) is 0.760. The first-order valence-electron chi connectivity index (χ1n) is 8.17. The summed E-state index contributed by atoms with van der Waals surface area (Å²) in [4.78, 5) is 14.4. The maximum Gasteiger partial charge on any atom is 0.178 e. The molecule has 3 aromatic rings. The summed E-state index contributed by atoms with van der Waals surface area (Å²) >= 11 is 1.72. The molecule has 3 heterocycles. The van der Waals surface area contributed by atoms with Gasteiger partial charge >= 0.3 is 0 Å². The minimum Gasteiger partial charge on any atom is -0.250 e. The molecule has 0 aromatic carbocycles. The maximum absolute atomic E-state index is 4.91. The van der Waals surface area contributed by atoms with Gasteiger partial charge in [-0.25, -0.2) is 15.0 Å². The van der Waals surface area contributed by atoms with Crippen LogP contribution in [0.1, 0.15) is 36.2 Å². The lowest BCUT2D eigenvalue weighted by Gasteiger charge is -2.12. The van der Waals surface area contributed by atoms with Gasteiger partial charge in [0.05, 0.1) is 5.69 Å². The minimum absolute atomic E-state index is 0.760. The van der Waals surface area contributed by atoms with E-state index in [4.69, 9.17) is 9.97 Å². The Hall–Kier alpha value is -2.07. The Morgan fingerprint density at radius 1 is 0.957 bits per heavy atom. The molecule has 4 heteroatoms. The van der Waals surface area contributed by atoms with Crippen LogP contribution in [0.4, 0.5) is 0 Å². The topological polar surface area (TPSA) is 38.7 Å². The van der Waals surface area contributed by atoms with Gasteiger partial charge in [-0.15, -0.1) is 0 Å². The van der Waals surface area contributed by atoms with Crippen molar-refractivity contribution in [1.82, 2.24) is 15.0 Å². The number of pyridine rings is 1. The van der Waals surface area contributed by atoms with Gasteiger partial charge in [0.25, 0.3) is 0 Å². The lowest BCUT2D eigenvalue weighted by atomic mass is 10.0. The van der Waals surface area contributed by atoms with E-state index in [0.717, 1.165) is 35.7 Å². The van der Waals surface area contributed by atoms with Gasteiger partial charge in [0, 0.05) is 27.9 Å². The molecule has 0 unspecified atom stereocenters. The van der Waals surface area contributed by atoms with Gasteiger partial charge in [-0.1, -0.05) is 12.5 Å². The predicted octanol–water partition coefficient (Wildman–Crippen LogP) is 4.84. The standard InChI is InChI=1S/C19H19N3S/c1-13-6-5-9-17(20-13)19-21-16-8-4-2-3-7-15(16)18(22-19)14-10-11-23-12-14/h5-6,9-12H,2-4,7-8H2,1H3. The first-order chi connectivity index (χ1) is 11.3. The molecular formula is C19H19N3S. The molecule has 0 spiro atoms. The van der Waals surface area contributed by atoms with Crippen LogP contribution in [0.3, 0.4) is 0 Å². The number of fused-ring (bicyclic) bond motifs is 1. The Balaban J connectivity index is 1.91. The van der Waals surface area contributed by atoms with Crippen molar-refractivity contribution in [3.05, 3.63) is 52.0 Å². The second kappa shape index (κ2) is 6.20. The highest BCUT2D eigenvalue weighted by Gasteiger charge is 2.19. The highest BCUT2D eigenvalue weighted by atomic mass is 32.1. The number of hydrogen-bond donors (Lipinski definition) is 0. The zero-order valence-electron chi connectivity index (χ0n) is 13.2. The minimum atomic E-state index is 0.760. The zero-order chi connectivity index (χ0) is 15.6. The van der Waals surface area contributed by atoms with E-state index < -0.39 is 0 Å². The molecule has 0 N–H and O–H groups in total. The van der Waals surface area contributed by atoms with E-state index in [1.54, 1.807) is 11.3 Å². The van der Waals surface area contributed by atoms with Crippen LogP contribution in [0.2, 0.25) is 0 Å². The summed E-state index contributed by atoms with van der Waals surface area (Å²) in [6, 6.07) is 8.19. The number of nitrogens with zero attached hydrogens (tertiary/aromatic N) is 3. The number of hydrogen-bond acceptors (Lipinski definition) is 4. The summed E-state index contributed by atoms with van der Waals surface area (Å²) in [7, 11) is 0. The SMILES string of the molecule is Cc1cccc(-c2nc3c(c(-c4ccsc4)n2)CCCCC3)n1. The average Bonchev–Trinajstić information content (AvgIpc) is 2.99. The van der Waals surface area contributed by atoms with Crippen molar-refractivity contribution in [2.75, 3.05) is 0 Å². The fraction of sp³-hybridized carbons (Fsp3) is 0.316. The first kappa shape index (κ1) is 14.5. The molecule has 4 rings (SSSR count). The normalized spacial score (nSPS) is 14.3. The van der Waals surface area contributed by atoms with Crippen LogP contribution in [0.15, 0.2) is 35.0 Å². The first-order valence-corrected chi connectivity index (χ1v) is 9.12. The molecule has 1 aliphatic carbocycles. The Bertz CT molecular complexity index is 825. The number of thiophene rings is 1. The molecule has 3 aromatic heterocycles. The van der Waals surface area contributed by atoms with Crippen LogP contribution in [0, 0.1) is 6.92 Å². The van der Waals surface area contributed by atoms with E-state index in [2.05, 4.69) is 21.8 Å². The van der Waals surface area contributed by atoms with E-state index in [1.807, 2.05) is 25.1 Å². The van der Waals surface area contributed by atoms with Gasteiger partial charge in [0.1, 0.15) is 5.69 Å². The van der Waals surface area contributed by atoms with Crippen molar-refractivity contribution in [2.24, 2.45) is 0 Å². The molecule has 0 bridgehead atoms. The van der Waals surface area contributed by atoms with Crippen LogP contribution in [-0.4, -0.2) is 15.0 Å². The molecule has 23 heavy (non-hydrogen) atoms. The molecular weight excluding hydrogens is 302 g/mol. The van der Waals surface area contributed by atoms with E-state index in [-0.39, 0.29) is 0 Å². The van der Waals surface area contributed by atoms with Gasteiger partial charge in [0.15, 0.2) is 5.82 Å². The third-order valence-electron chi connectivity index (χ3n) is 4.35. The van der Waals surface area contributed by atoms with Crippen molar-refractivity contribution in [2.45, 2.75) is 39.0 Å². The molecule has 3 nitrogen and oxygen atoms in total. The molecule has 0 atom stereocenters. The second-order valence-corrected chi connectivity index (χ2v) is 6.84. The molecule has 1 aliphatic rings. The summed E-state index contributed by atoms with van der Waals surface area (Å²) in [6.45, 7) is 2.01. The van der Waals surface area contributed by atoms with E-state index >= 15 is 0 Å². The fourth-order valence-corrected chi connectivity index (χ4v) is 3.83. The highest BCUT2D eigenvalue weighted by Crippen LogP contribution is 2.31. The number of aromatic nitrogens is 3. The van der Waals surface area contributed by atoms with Crippen molar-refractivity contribution < 1.29 is 0 Å². The summed E-state index contributed by atoms with van der Waals surface area (Å²) < 4.78 is 0. The molecule has 0 saturated heterocycles. The smallest absolute Gasteiger partial charge is 0.178 e. The third kappa shape index (κ3) is 2.91. The van der Waals surface area contributed by atoms with Crippen molar-refractivity contribution >= 4 is 11.3 Å². The van der Waals surface area contributed by atoms with E-state index in [0.29, 0.717) is 0 Å². The highest BCUT2D eigenvalue weighted by molar-refractivity contribution is 7.08. The van der Waals surface area contributed by atoms with Crippen LogP contribution in [0.25, 0.3) is 22.8 Å². The summed E-state index contributed by atoms with van der Waals surface area (Å²) in [5.41, 5.74) is 6.75. The van der Waals surface area contributed by atoms with Crippen LogP contribution >= 0.6 is 11.3 Å². The molecule has 0 radical (unpaired) electrons. The Kier molecular flexibility index (Phi) is 3.92. The van der Waals surface area contributed by atoms with Crippen LogP contribution in [-0.2, 0) is 12.8 Å². The Morgan fingerprint density at radius 3 is 2.70 bits per heavy atom. The van der Waals surface area contributed by atoms with Crippen LogP contribution in [0.5, 0.6) is 0 Å². The predicted molar refractivity (Wildman–Crippen MR) is 94.6 cm³/mol. The maximum atomic E-state index is 4.91. The number of aryl methyl sites for hydroxylation is 2. The number of rotatable bonds is 2. The van der Waals surface area contributed by atoms with Crippen LogP contribution < -0.4 is 0 Å². The fourth-order valence-electron chi connectivity index (χ4n) is 3.19. The third-order valence-corrected chi connectivity index (χ3v) is 5.03. The molecule has 0 fully saturated rings. The van der Waals surface area contributed by atoms with Gasteiger partial charge in [-0.2, -0.15) is 11.3 Å².